The molecular formula is C29H26FN3O5S. The van der Waals surface area contributed by atoms with Crippen LogP contribution in [-0.4, -0.2) is 41.0 Å². The fourth-order valence-corrected chi connectivity index (χ4v) is 4.61. The number of thioether (sulfide) groups is 1. The molecule has 1 heterocycles. The van der Waals surface area contributed by atoms with E-state index in [0.29, 0.717) is 17.0 Å². The number of amides is 4. The first kappa shape index (κ1) is 27.6. The molecule has 200 valence electrons. The Bertz CT molecular complexity index is 1420. The van der Waals surface area contributed by atoms with Gasteiger partial charge in [-0.05, 0) is 77.3 Å². The van der Waals surface area contributed by atoms with Crippen molar-refractivity contribution >= 4 is 52.2 Å². The van der Waals surface area contributed by atoms with Crippen LogP contribution in [0.2, 0.25) is 0 Å². The second-order valence-electron chi connectivity index (χ2n) is 8.97. The Kier molecular flexibility index (Phi) is 8.77. The van der Waals surface area contributed by atoms with E-state index in [0.717, 1.165) is 27.9 Å². The maximum Gasteiger partial charge on any atom is 0.294 e. The first-order valence-corrected chi connectivity index (χ1v) is 12.9. The maximum absolute atomic E-state index is 13.0. The number of benzene rings is 3. The minimum Gasteiger partial charge on any atom is -0.484 e. The van der Waals surface area contributed by atoms with Gasteiger partial charge >= 0.3 is 0 Å². The summed E-state index contributed by atoms with van der Waals surface area (Å²) in [5.41, 5.74) is 2.77. The molecule has 0 atom stereocenters. The van der Waals surface area contributed by atoms with E-state index in [-0.39, 0.29) is 23.3 Å². The second-order valence-corrected chi connectivity index (χ2v) is 9.96. The van der Waals surface area contributed by atoms with Crippen molar-refractivity contribution in [1.82, 2.24) is 4.90 Å². The molecule has 39 heavy (non-hydrogen) atoms. The van der Waals surface area contributed by atoms with Gasteiger partial charge in [0.2, 0.25) is 5.91 Å². The van der Waals surface area contributed by atoms with Gasteiger partial charge in [-0.25, -0.2) is 4.39 Å². The fourth-order valence-electron chi connectivity index (χ4n) is 3.77. The van der Waals surface area contributed by atoms with Crippen molar-refractivity contribution in [3.8, 4) is 5.75 Å². The molecule has 0 aliphatic carbocycles. The number of halogens is 1. The normalized spacial score (nSPS) is 14.2. The Morgan fingerprint density at radius 3 is 2.33 bits per heavy atom. The van der Waals surface area contributed by atoms with Gasteiger partial charge in [-0.15, -0.1) is 0 Å². The molecule has 0 bridgehead atoms. The average molecular weight is 548 g/mol. The van der Waals surface area contributed by atoms with Crippen molar-refractivity contribution in [2.75, 3.05) is 23.8 Å². The highest BCUT2D eigenvalue weighted by Gasteiger charge is 2.36. The van der Waals surface area contributed by atoms with Crippen LogP contribution in [0, 0.1) is 5.82 Å². The molecule has 4 rings (SSSR count). The van der Waals surface area contributed by atoms with Crippen LogP contribution in [0.3, 0.4) is 0 Å². The largest absolute Gasteiger partial charge is 0.484 e. The van der Waals surface area contributed by atoms with Crippen molar-refractivity contribution in [2.45, 2.75) is 19.8 Å². The summed E-state index contributed by atoms with van der Waals surface area (Å²) in [5.74, 6) is -1.18. The lowest BCUT2D eigenvalue weighted by Crippen LogP contribution is -2.36. The summed E-state index contributed by atoms with van der Waals surface area (Å²) in [4.78, 5) is 50.8. The van der Waals surface area contributed by atoms with Gasteiger partial charge < -0.3 is 15.4 Å². The van der Waals surface area contributed by atoms with Gasteiger partial charge in [0, 0.05) is 11.4 Å². The third-order valence-corrected chi connectivity index (χ3v) is 6.62. The second kappa shape index (κ2) is 12.4. The third kappa shape index (κ3) is 7.32. The molecule has 1 fully saturated rings. The molecule has 1 aliphatic heterocycles. The molecule has 10 heteroatoms. The Balaban J connectivity index is 1.31. The highest BCUT2D eigenvalue weighted by molar-refractivity contribution is 8.18. The molecule has 3 aromatic rings. The molecule has 0 radical (unpaired) electrons. The van der Waals surface area contributed by atoms with E-state index >= 15 is 0 Å². The molecule has 2 N–H and O–H groups in total. The van der Waals surface area contributed by atoms with E-state index in [1.54, 1.807) is 30.3 Å². The fraction of sp³-hybridized carbons (Fsp3) is 0.172. The first-order chi connectivity index (χ1) is 18.7. The van der Waals surface area contributed by atoms with Crippen LogP contribution in [0.25, 0.3) is 6.08 Å². The van der Waals surface area contributed by atoms with Gasteiger partial charge in [-0.2, -0.15) is 0 Å². The van der Waals surface area contributed by atoms with Gasteiger partial charge in [0.05, 0.1) is 4.91 Å². The van der Waals surface area contributed by atoms with E-state index < -0.39 is 29.4 Å². The summed E-state index contributed by atoms with van der Waals surface area (Å²) in [5, 5.41) is 4.83. The van der Waals surface area contributed by atoms with Gasteiger partial charge in [-0.1, -0.05) is 44.2 Å². The minimum atomic E-state index is -0.585. The van der Waals surface area contributed by atoms with Crippen molar-refractivity contribution in [2.24, 2.45) is 0 Å². The van der Waals surface area contributed by atoms with Crippen LogP contribution in [0.15, 0.2) is 77.7 Å². The number of nitrogens with zero attached hydrogens (tertiary/aromatic N) is 1. The van der Waals surface area contributed by atoms with Crippen LogP contribution in [-0.2, 0) is 14.4 Å². The van der Waals surface area contributed by atoms with Crippen LogP contribution in [0.4, 0.5) is 20.6 Å². The lowest BCUT2D eigenvalue weighted by atomic mass is 10.0. The van der Waals surface area contributed by atoms with E-state index in [1.165, 1.54) is 24.3 Å². The number of carbonyl (C=O) groups excluding carboxylic acids is 4. The van der Waals surface area contributed by atoms with Crippen molar-refractivity contribution < 1.29 is 28.3 Å². The topological polar surface area (TPSA) is 105 Å². The summed E-state index contributed by atoms with van der Waals surface area (Å²) >= 11 is 0.734. The Labute approximate surface area is 229 Å². The molecule has 0 saturated carbocycles. The predicted molar refractivity (Wildman–Crippen MR) is 149 cm³/mol. The average Bonchev–Trinajstić information content (AvgIpc) is 3.17. The smallest absolute Gasteiger partial charge is 0.294 e. The van der Waals surface area contributed by atoms with Crippen molar-refractivity contribution in [1.29, 1.82) is 0 Å². The van der Waals surface area contributed by atoms with Gasteiger partial charge in [0.1, 0.15) is 18.1 Å². The number of imide groups is 1. The summed E-state index contributed by atoms with van der Waals surface area (Å²) < 4.78 is 18.6. The molecule has 0 aromatic heterocycles. The Hall–Kier alpha value is -4.44. The molecule has 1 saturated heterocycles. The van der Waals surface area contributed by atoms with E-state index in [1.807, 2.05) is 24.3 Å². The molecular weight excluding hydrogens is 521 g/mol. The molecule has 0 unspecified atom stereocenters. The minimum absolute atomic E-state index is 0.173. The molecule has 0 spiro atoms. The summed E-state index contributed by atoms with van der Waals surface area (Å²) in [6.07, 6.45) is 1.54. The van der Waals surface area contributed by atoms with Crippen molar-refractivity contribution in [3.63, 3.8) is 0 Å². The highest BCUT2D eigenvalue weighted by atomic mass is 32.2. The number of anilines is 2. The summed E-state index contributed by atoms with van der Waals surface area (Å²) in [7, 11) is 0. The van der Waals surface area contributed by atoms with E-state index in [9.17, 15) is 23.6 Å². The predicted octanol–water partition coefficient (Wildman–Crippen LogP) is 5.64. The molecule has 8 nitrogen and oxygen atoms in total. The molecule has 4 amide bonds. The van der Waals surface area contributed by atoms with Crippen LogP contribution in [0.5, 0.6) is 5.75 Å². The van der Waals surface area contributed by atoms with E-state index in [2.05, 4.69) is 24.5 Å². The Morgan fingerprint density at radius 1 is 0.949 bits per heavy atom. The van der Waals surface area contributed by atoms with Crippen LogP contribution >= 0.6 is 11.8 Å². The molecule has 3 aromatic carbocycles. The Morgan fingerprint density at radius 2 is 1.64 bits per heavy atom. The number of nitrogens with one attached hydrogen (secondary N) is 2. The van der Waals surface area contributed by atoms with Gasteiger partial charge in [-0.3, -0.25) is 24.1 Å². The molecule has 1 aliphatic rings. The number of hydrogen-bond acceptors (Lipinski definition) is 6. The van der Waals surface area contributed by atoms with Crippen LogP contribution in [0.1, 0.15) is 30.9 Å². The number of para-hydroxylation sites is 1. The van der Waals surface area contributed by atoms with Crippen molar-refractivity contribution in [3.05, 3.63) is 94.6 Å². The van der Waals surface area contributed by atoms with Crippen LogP contribution < -0.4 is 15.4 Å². The number of ether oxygens (including phenoxy) is 1. The monoisotopic (exact) mass is 547 g/mol. The zero-order valence-electron chi connectivity index (χ0n) is 21.3. The number of carbonyl (C=O) groups is 4. The SMILES string of the molecule is CC(C)c1ccccc1NC(=O)COc1ccc(/C=C2/SC(=O)N(CC(=O)Nc3ccc(F)cc3)C2=O)cc1. The summed E-state index contributed by atoms with van der Waals surface area (Å²) in [6.45, 7) is 3.47. The van der Waals surface area contributed by atoms with E-state index in [4.69, 9.17) is 4.74 Å². The zero-order valence-corrected chi connectivity index (χ0v) is 22.1. The van der Waals surface area contributed by atoms with Gasteiger partial charge in [0.15, 0.2) is 6.61 Å². The lowest BCUT2D eigenvalue weighted by molar-refractivity contribution is -0.127. The first-order valence-electron chi connectivity index (χ1n) is 12.1. The standard InChI is InChI=1S/C29H26FN3O5S/c1-18(2)23-5-3-4-6-24(23)32-27(35)17-38-22-13-7-19(8-14-22)15-25-28(36)33(29(37)39-25)16-26(34)31-21-11-9-20(30)10-12-21/h3-15,18H,16-17H2,1-2H3,(H,31,34)(H,32,35)/b25-15+. The third-order valence-electron chi connectivity index (χ3n) is 5.71. The van der Waals surface area contributed by atoms with Gasteiger partial charge in [0.25, 0.3) is 17.1 Å². The maximum atomic E-state index is 13.0. The number of rotatable bonds is 9. The zero-order chi connectivity index (χ0) is 27.9. The quantitative estimate of drug-likeness (QED) is 0.336. The summed E-state index contributed by atoms with van der Waals surface area (Å²) in [6, 6.07) is 19.4. The lowest BCUT2D eigenvalue weighted by Gasteiger charge is -2.14. The highest BCUT2D eigenvalue weighted by Crippen LogP contribution is 2.32. The number of hydrogen-bond donors (Lipinski definition) is 2.